The minimum Gasteiger partial charge on any atom is -0.480 e. The molecule has 3 aliphatic heterocycles. The molecule has 28 heteroatoms. The Morgan fingerprint density at radius 3 is 2.13 bits per heavy atom. The average Bonchev–Trinajstić information content (AvgIpc) is 3.94. The molecule has 0 saturated carbocycles. The highest BCUT2D eigenvalue weighted by Crippen LogP contribution is 2.35. The SMILES string of the molecule is CO[C@H]1C(OC(C(NCCCNC(=O)C(NC(=O)C(NC(=O)NC(C(=O)O)C(C)C)C2CCN=C(N)N2)C(O)C(C)C)C(=O)O)[C@H]2O[C@@H](n3ccc(=O)[nH]c3=O)[C@H](O)[C@@H]2O)O[C@H](CNCc2ccc(-c3ccccc3)cc2)[C@H]1O. The number of aliphatic imine (C=N–C) groups is 1. The van der Waals surface area contributed by atoms with Crippen molar-refractivity contribution in [1.29, 1.82) is 0 Å². The maximum atomic E-state index is 14.0. The molecule has 2 saturated heterocycles. The second-order valence-corrected chi connectivity index (χ2v) is 20.1. The number of carbonyl (C=O) groups excluding carboxylic acids is 3. The lowest BCUT2D eigenvalue weighted by Gasteiger charge is -2.34. The lowest BCUT2D eigenvalue weighted by atomic mass is 9.97. The lowest BCUT2D eigenvalue weighted by molar-refractivity contribution is -0.231. The number of benzene rings is 2. The molecule has 0 bridgehead atoms. The molecule has 434 valence electrons. The molecule has 4 amide bonds. The first-order valence-corrected chi connectivity index (χ1v) is 25.9. The Hall–Kier alpha value is -6.86. The number of aliphatic carboxylic acids is 2. The molecule has 16 N–H and O–H groups in total. The van der Waals surface area contributed by atoms with E-state index in [0.29, 0.717) is 6.54 Å². The fraction of sp³-hybridized carbons (Fsp3) is 0.569. The fourth-order valence-corrected chi connectivity index (χ4v) is 9.37. The van der Waals surface area contributed by atoms with Crippen molar-refractivity contribution in [1.82, 2.24) is 46.8 Å². The molecule has 0 radical (unpaired) electrons. The fourth-order valence-electron chi connectivity index (χ4n) is 9.37. The molecule has 0 aliphatic carbocycles. The Morgan fingerprint density at radius 2 is 1.51 bits per heavy atom. The number of nitrogens with one attached hydrogen (secondary N) is 8. The van der Waals surface area contributed by atoms with Crippen LogP contribution in [0.4, 0.5) is 4.79 Å². The van der Waals surface area contributed by atoms with Crippen molar-refractivity contribution < 1.29 is 73.6 Å². The highest BCUT2D eigenvalue weighted by atomic mass is 16.7. The summed E-state index contributed by atoms with van der Waals surface area (Å²) in [5, 5.41) is 84.6. The van der Waals surface area contributed by atoms with Crippen molar-refractivity contribution in [2.75, 3.05) is 33.3 Å². The number of ether oxygens (including phenoxy) is 4. The Morgan fingerprint density at radius 1 is 0.823 bits per heavy atom. The number of methoxy groups -OCH3 is 1. The zero-order valence-corrected chi connectivity index (χ0v) is 44.3. The molecule has 1 aromatic heterocycles. The zero-order chi connectivity index (χ0) is 57.7. The van der Waals surface area contributed by atoms with Gasteiger partial charge < -0.3 is 92.5 Å². The number of aliphatic hydroxyl groups is 4. The van der Waals surface area contributed by atoms with Gasteiger partial charge in [-0.25, -0.2) is 14.4 Å². The van der Waals surface area contributed by atoms with Crippen LogP contribution in [0.2, 0.25) is 0 Å². The van der Waals surface area contributed by atoms with Gasteiger partial charge in [-0.15, -0.1) is 0 Å². The van der Waals surface area contributed by atoms with Crippen molar-refractivity contribution >= 4 is 35.7 Å². The predicted octanol–water partition coefficient (Wildman–Crippen LogP) is -3.40. The van der Waals surface area contributed by atoms with Crippen LogP contribution in [0.15, 0.2) is 81.4 Å². The van der Waals surface area contributed by atoms with Gasteiger partial charge in [0.25, 0.3) is 5.56 Å². The third-order valence-electron chi connectivity index (χ3n) is 13.8. The maximum absolute atomic E-state index is 14.0. The molecule has 0 spiro atoms. The topological polar surface area (TPSA) is 421 Å². The summed E-state index contributed by atoms with van der Waals surface area (Å²) < 4.78 is 24.8. The van der Waals surface area contributed by atoms with E-state index in [2.05, 4.69) is 42.2 Å². The maximum Gasteiger partial charge on any atom is 0.330 e. The van der Waals surface area contributed by atoms with E-state index in [-0.39, 0.29) is 45.0 Å². The van der Waals surface area contributed by atoms with Crippen molar-refractivity contribution in [3.8, 4) is 11.1 Å². The van der Waals surface area contributed by atoms with E-state index in [1.165, 1.54) is 7.11 Å². The van der Waals surface area contributed by atoms with Gasteiger partial charge in [0, 0.05) is 45.6 Å². The molecule has 8 unspecified atom stereocenters. The van der Waals surface area contributed by atoms with Crippen LogP contribution in [0, 0.1) is 11.8 Å². The van der Waals surface area contributed by atoms with Crippen LogP contribution in [-0.4, -0.2) is 195 Å². The van der Waals surface area contributed by atoms with E-state index in [1.807, 2.05) is 59.6 Å². The highest BCUT2D eigenvalue weighted by molar-refractivity contribution is 5.94. The van der Waals surface area contributed by atoms with Gasteiger partial charge in [0.2, 0.25) is 11.8 Å². The number of H-pyrrole nitrogens is 1. The predicted molar refractivity (Wildman–Crippen MR) is 281 cm³/mol. The van der Waals surface area contributed by atoms with Crippen LogP contribution in [0.5, 0.6) is 0 Å². The summed E-state index contributed by atoms with van der Waals surface area (Å²) in [7, 11) is 1.27. The Bertz CT molecular complexity index is 2680. The number of aliphatic hydroxyl groups excluding tert-OH is 4. The molecular weight excluding hydrogens is 1040 g/mol. The monoisotopic (exact) mass is 1110 g/mol. The number of carbonyl (C=O) groups is 5. The number of guanidine groups is 1. The van der Waals surface area contributed by atoms with E-state index in [9.17, 15) is 64.2 Å². The number of urea groups is 1. The first-order valence-electron chi connectivity index (χ1n) is 25.9. The normalized spacial score (nSPS) is 25.3. The van der Waals surface area contributed by atoms with Crippen LogP contribution < -0.4 is 54.2 Å². The van der Waals surface area contributed by atoms with Crippen molar-refractivity contribution in [3.05, 3.63) is 93.3 Å². The van der Waals surface area contributed by atoms with Gasteiger partial charge in [0.15, 0.2) is 18.5 Å². The van der Waals surface area contributed by atoms with Crippen molar-refractivity contribution in [3.63, 3.8) is 0 Å². The summed E-state index contributed by atoms with van der Waals surface area (Å²) in [6, 6.07) is 10.5. The molecule has 3 aliphatic rings. The van der Waals surface area contributed by atoms with E-state index in [4.69, 9.17) is 24.7 Å². The van der Waals surface area contributed by atoms with Gasteiger partial charge in [0.1, 0.15) is 66.9 Å². The smallest absolute Gasteiger partial charge is 0.330 e. The van der Waals surface area contributed by atoms with Gasteiger partial charge in [-0.3, -0.25) is 33.7 Å². The number of carboxylic acid groups (broad SMARTS) is 2. The summed E-state index contributed by atoms with van der Waals surface area (Å²) in [4.78, 5) is 96.9. The standard InChI is InChI=1S/C51H73N11O17/c1-24(2)32(46(70)71)60-50(74)61-33(29-16-20-56-49(52)57-29)44(69)59-34(36(64)25(3)4)43(68)55-19-9-18-54-35(47(72)73)40(41-38(66)39(67)45(78-41)62-21-17-31(63)58-51(62)75)79-48-42(76-5)37(65)30(77-48)23-53-22-26-12-14-28(15-13-26)27-10-7-6-8-11-27/h6-8,10-15,17,21,24-25,29-30,32-42,45,48,53-54,64-67H,9,16,18-20,22-23H2,1-5H3,(H,55,68)(H,59,69)(H,70,71)(H,72,73)(H3,52,56,57)(H,58,63,75)(H2,60,61,74)/t29?,30-,32?,33?,34?,35?,36?,37-,38+,39-,40?,41+,42-,45-,48?/m1/s1. The molecule has 79 heavy (non-hydrogen) atoms. The van der Waals surface area contributed by atoms with Crippen molar-refractivity contribution in [2.45, 2.75) is 139 Å². The first-order chi connectivity index (χ1) is 37.6. The van der Waals surface area contributed by atoms with Gasteiger partial charge in [-0.2, -0.15) is 0 Å². The minimum atomic E-state index is -1.93. The van der Waals surface area contributed by atoms with E-state index >= 15 is 0 Å². The number of rotatable bonds is 27. The number of aromatic amines is 1. The van der Waals surface area contributed by atoms with Crippen molar-refractivity contribution in [2.24, 2.45) is 22.6 Å². The first kappa shape index (κ1) is 61.4. The molecule has 6 rings (SSSR count). The van der Waals surface area contributed by atoms with Crippen LogP contribution in [0.25, 0.3) is 11.1 Å². The summed E-state index contributed by atoms with van der Waals surface area (Å²) in [6.45, 7) is 6.53. The number of aromatic nitrogens is 2. The number of amides is 4. The van der Waals surface area contributed by atoms with Gasteiger partial charge in [0.05, 0.1) is 12.1 Å². The number of hydrogen-bond donors (Lipinski definition) is 15. The van der Waals surface area contributed by atoms with Crippen LogP contribution in [0.3, 0.4) is 0 Å². The van der Waals surface area contributed by atoms with E-state index in [0.717, 1.165) is 33.5 Å². The second kappa shape index (κ2) is 28.3. The largest absolute Gasteiger partial charge is 0.480 e. The Labute approximate surface area is 453 Å². The van der Waals surface area contributed by atoms with E-state index in [1.54, 1.807) is 27.7 Å². The molecule has 4 heterocycles. The van der Waals surface area contributed by atoms with Crippen LogP contribution >= 0.6 is 0 Å². The molecule has 2 fully saturated rings. The Kier molecular flexibility index (Phi) is 22.0. The van der Waals surface area contributed by atoms with Gasteiger partial charge in [-0.05, 0) is 47.9 Å². The van der Waals surface area contributed by atoms with Gasteiger partial charge in [-0.1, -0.05) is 82.3 Å². The summed E-state index contributed by atoms with van der Waals surface area (Å²) in [5.74, 6) is -5.86. The Balaban J connectivity index is 1.14. The summed E-state index contributed by atoms with van der Waals surface area (Å²) >= 11 is 0. The molecule has 28 nitrogen and oxygen atoms in total. The highest BCUT2D eigenvalue weighted by Gasteiger charge is 2.54. The number of nitrogens with zero attached hydrogens (tertiary/aromatic N) is 2. The lowest BCUT2D eigenvalue weighted by Crippen LogP contribution is -2.66. The number of nitrogens with two attached hydrogens (primary N) is 1. The molecular formula is C51H73N11O17. The quantitative estimate of drug-likeness (QED) is 0.0331. The van der Waals surface area contributed by atoms with E-state index < -0.39 is 144 Å². The molecule has 3 aromatic rings. The second-order valence-electron chi connectivity index (χ2n) is 20.1. The number of hydrogen-bond acceptors (Lipinski definition) is 20. The molecule has 15 atom stereocenters. The number of carboxylic acids is 2. The van der Waals surface area contributed by atoms with Gasteiger partial charge >= 0.3 is 23.7 Å². The third-order valence-corrected chi connectivity index (χ3v) is 13.8. The third kappa shape index (κ3) is 15.9. The van der Waals surface area contributed by atoms with Crippen LogP contribution in [-0.2, 0) is 44.7 Å². The summed E-state index contributed by atoms with van der Waals surface area (Å²) in [5.41, 5.74) is 7.11. The molecule has 2 aromatic carbocycles. The zero-order valence-electron chi connectivity index (χ0n) is 44.3. The minimum absolute atomic E-state index is 0.0234. The summed E-state index contributed by atoms with van der Waals surface area (Å²) in [6.07, 6.45) is -14.4. The average molecular weight is 1110 g/mol. The van der Waals surface area contributed by atoms with Crippen LogP contribution in [0.1, 0.15) is 52.3 Å².